The van der Waals surface area contributed by atoms with Gasteiger partial charge in [0.1, 0.15) is 5.75 Å². The lowest BCUT2D eigenvalue weighted by molar-refractivity contribution is 0.0981. The van der Waals surface area contributed by atoms with Gasteiger partial charge < -0.3 is 9.64 Å². The first-order chi connectivity index (χ1) is 19.4. The van der Waals surface area contributed by atoms with Crippen LogP contribution in [0.1, 0.15) is 72.9 Å². The third-order valence-electron chi connectivity index (χ3n) is 10.2. The molecule has 7 rings (SSSR count). The summed E-state index contributed by atoms with van der Waals surface area (Å²) in [5, 5.41) is -0.523. The molecule has 40 heavy (non-hydrogen) atoms. The van der Waals surface area contributed by atoms with Crippen molar-refractivity contribution >= 4 is 27.7 Å². The average molecular weight is 559 g/mol. The van der Waals surface area contributed by atoms with E-state index < -0.39 is 21.2 Å². The average Bonchev–Trinajstić information content (AvgIpc) is 3.37. The van der Waals surface area contributed by atoms with Gasteiger partial charge in [-0.25, -0.2) is 13.1 Å². The van der Waals surface area contributed by atoms with E-state index in [1.165, 1.54) is 24.0 Å². The maximum atomic E-state index is 13.4. The number of anilines is 1. The van der Waals surface area contributed by atoms with Crippen molar-refractivity contribution in [2.75, 3.05) is 24.6 Å². The number of nitrogens with zero attached hydrogens (tertiary/aromatic N) is 1. The number of fused-ring (bicyclic) bond motifs is 5. The van der Waals surface area contributed by atoms with E-state index in [2.05, 4.69) is 58.2 Å². The van der Waals surface area contributed by atoms with Crippen molar-refractivity contribution in [2.24, 2.45) is 17.8 Å². The number of nitrogens with one attached hydrogen (secondary N) is 1. The van der Waals surface area contributed by atoms with Crippen LogP contribution in [-0.2, 0) is 15.4 Å². The molecule has 210 valence electrons. The molecule has 1 spiro atoms. The summed E-state index contributed by atoms with van der Waals surface area (Å²) in [5.41, 5.74) is 3.59. The van der Waals surface area contributed by atoms with Crippen LogP contribution in [0.2, 0.25) is 0 Å². The van der Waals surface area contributed by atoms with Crippen LogP contribution in [0.3, 0.4) is 0 Å². The Kier molecular flexibility index (Phi) is 6.53. The van der Waals surface area contributed by atoms with Crippen molar-refractivity contribution in [3.63, 3.8) is 0 Å². The Hall–Kier alpha value is -3.06. The number of hydrogen-bond acceptors (Lipinski definition) is 5. The molecule has 2 aliphatic heterocycles. The summed E-state index contributed by atoms with van der Waals surface area (Å²) in [7, 11) is -3.78. The fraction of sp³-hybridized carbons (Fsp3) is 0.485. The minimum absolute atomic E-state index is 0.0613. The molecular formula is C33H38N2O4S. The second-order valence-corrected chi connectivity index (χ2v) is 14.5. The number of sulfonamides is 1. The Morgan fingerprint density at radius 1 is 0.925 bits per heavy atom. The maximum Gasteiger partial charge on any atom is 0.264 e. The van der Waals surface area contributed by atoms with Crippen LogP contribution in [0, 0.1) is 17.8 Å². The molecule has 5 unspecified atom stereocenters. The van der Waals surface area contributed by atoms with Gasteiger partial charge in [-0.2, -0.15) is 0 Å². The van der Waals surface area contributed by atoms with Crippen molar-refractivity contribution in [1.29, 1.82) is 0 Å². The summed E-state index contributed by atoms with van der Waals surface area (Å²) >= 11 is 0. The second-order valence-electron chi connectivity index (χ2n) is 12.6. The molecule has 0 saturated heterocycles. The van der Waals surface area contributed by atoms with E-state index in [4.69, 9.17) is 4.74 Å². The molecule has 7 heteroatoms. The largest absolute Gasteiger partial charge is 0.490 e. The quantitative estimate of drug-likeness (QED) is 0.411. The predicted octanol–water partition coefficient (Wildman–Crippen LogP) is 5.84. The molecule has 1 amide bonds. The van der Waals surface area contributed by atoms with Crippen LogP contribution in [0.25, 0.3) is 6.08 Å². The molecule has 5 atom stereocenters. The van der Waals surface area contributed by atoms with Crippen molar-refractivity contribution in [3.8, 4) is 5.75 Å². The Bertz CT molecular complexity index is 1480. The van der Waals surface area contributed by atoms with Crippen LogP contribution in [-0.4, -0.2) is 39.3 Å². The Balaban J connectivity index is 1.28. The first-order valence-corrected chi connectivity index (χ1v) is 16.5. The number of hydrogen-bond donors (Lipinski definition) is 1. The number of amides is 1. The molecule has 6 nitrogen and oxygen atoms in total. The minimum Gasteiger partial charge on any atom is -0.490 e. The molecule has 2 bridgehead atoms. The smallest absolute Gasteiger partial charge is 0.264 e. The third kappa shape index (κ3) is 4.56. The van der Waals surface area contributed by atoms with Gasteiger partial charge in [0.2, 0.25) is 10.0 Å². The molecule has 3 aliphatic carbocycles. The van der Waals surface area contributed by atoms with Gasteiger partial charge in [0.15, 0.2) is 0 Å². The van der Waals surface area contributed by atoms with E-state index in [0.29, 0.717) is 30.4 Å². The Labute approximate surface area is 237 Å². The van der Waals surface area contributed by atoms with E-state index >= 15 is 0 Å². The van der Waals surface area contributed by atoms with Crippen LogP contribution < -0.4 is 14.4 Å². The number of ether oxygens (including phenoxy) is 1. The van der Waals surface area contributed by atoms with Gasteiger partial charge in [-0.05, 0) is 92.0 Å². The van der Waals surface area contributed by atoms with Gasteiger partial charge in [0.05, 0.1) is 23.0 Å². The van der Waals surface area contributed by atoms with Gasteiger partial charge in [-0.3, -0.25) is 4.79 Å². The Morgan fingerprint density at radius 2 is 1.75 bits per heavy atom. The fourth-order valence-electron chi connectivity index (χ4n) is 7.79. The number of rotatable bonds is 0. The first-order valence-electron chi connectivity index (χ1n) is 14.9. The summed E-state index contributed by atoms with van der Waals surface area (Å²) < 4.78 is 35.7. The molecule has 2 fully saturated rings. The van der Waals surface area contributed by atoms with Crippen LogP contribution in [0.4, 0.5) is 5.69 Å². The summed E-state index contributed by atoms with van der Waals surface area (Å²) in [6.45, 7) is 2.24. The topological polar surface area (TPSA) is 75.7 Å². The van der Waals surface area contributed by atoms with Gasteiger partial charge in [-0.15, -0.1) is 0 Å². The highest BCUT2D eigenvalue weighted by Crippen LogP contribution is 2.46. The van der Waals surface area contributed by atoms with Crippen molar-refractivity contribution in [2.45, 2.75) is 62.0 Å². The second kappa shape index (κ2) is 10.1. The number of benzene rings is 2. The summed E-state index contributed by atoms with van der Waals surface area (Å²) in [6.07, 6.45) is 16.4. The van der Waals surface area contributed by atoms with Crippen molar-refractivity contribution in [3.05, 3.63) is 77.4 Å². The zero-order valence-corrected chi connectivity index (χ0v) is 23.7. The summed E-state index contributed by atoms with van der Waals surface area (Å²) in [6, 6.07) is 14.0. The fourth-order valence-corrected chi connectivity index (χ4v) is 9.55. The molecule has 2 saturated carbocycles. The lowest BCUT2D eigenvalue weighted by Crippen LogP contribution is -2.47. The molecular weight excluding hydrogens is 520 g/mol. The Morgan fingerprint density at radius 3 is 2.60 bits per heavy atom. The molecule has 2 heterocycles. The van der Waals surface area contributed by atoms with E-state index in [9.17, 15) is 13.2 Å². The van der Waals surface area contributed by atoms with Crippen LogP contribution in [0.15, 0.2) is 60.7 Å². The van der Waals surface area contributed by atoms with E-state index in [0.717, 1.165) is 56.6 Å². The lowest BCUT2D eigenvalue weighted by Gasteiger charge is -2.43. The maximum absolute atomic E-state index is 13.4. The third-order valence-corrected chi connectivity index (χ3v) is 12.1. The van der Waals surface area contributed by atoms with Gasteiger partial charge in [0, 0.05) is 18.7 Å². The van der Waals surface area contributed by atoms with E-state index in [1.54, 1.807) is 6.07 Å². The van der Waals surface area contributed by atoms with Gasteiger partial charge in [0.25, 0.3) is 5.91 Å². The van der Waals surface area contributed by atoms with Gasteiger partial charge in [-0.1, -0.05) is 55.0 Å². The summed E-state index contributed by atoms with van der Waals surface area (Å²) in [4.78, 5) is 15.8. The molecule has 0 aromatic heterocycles. The summed E-state index contributed by atoms with van der Waals surface area (Å²) in [5.74, 6) is 1.47. The van der Waals surface area contributed by atoms with Crippen molar-refractivity contribution in [1.82, 2.24) is 4.72 Å². The SMILES string of the molecule is O=C1NS(=O)(=O)C2CCCC2C/C=C\CC2CCC2CN2CC3(CC=Cc4ccccc43)COc3ccc1cc32. The molecule has 2 aromatic carbocycles. The number of allylic oxidation sites excluding steroid dienone is 3. The normalized spacial score (nSPS) is 33.4. The standard InChI is InChI=1S/C33H38N2O4S/c36-32-26-16-17-30-29(19-26)35(21-33(22-39-30)18-6-11-24-8-3-4-12-28(24)33)20-27-15-14-23(27)7-1-2-9-25-10-5-13-31(25)40(37,38)34-32/h1-4,6,8,11-12,16-17,19,23,25,27,31H,5,7,9-10,13-15,18,20-22H2,(H,34,36)/b2-1-. The highest BCUT2D eigenvalue weighted by Gasteiger charge is 2.43. The number of carbonyl (C=O) groups excluding carboxylic acids is 1. The zero-order chi connectivity index (χ0) is 27.3. The monoisotopic (exact) mass is 558 g/mol. The van der Waals surface area contributed by atoms with Crippen LogP contribution in [0.5, 0.6) is 5.75 Å². The highest BCUT2D eigenvalue weighted by molar-refractivity contribution is 7.90. The molecule has 0 radical (unpaired) electrons. The molecule has 1 N–H and O–H groups in total. The van der Waals surface area contributed by atoms with Crippen LogP contribution >= 0.6 is 0 Å². The van der Waals surface area contributed by atoms with E-state index in [1.807, 2.05) is 12.1 Å². The lowest BCUT2D eigenvalue weighted by atomic mass is 9.70. The zero-order valence-electron chi connectivity index (χ0n) is 22.9. The molecule has 2 aromatic rings. The predicted molar refractivity (Wildman–Crippen MR) is 158 cm³/mol. The van der Waals surface area contributed by atoms with E-state index in [-0.39, 0.29) is 11.3 Å². The number of carbonyl (C=O) groups is 1. The highest BCUT2D eigenvalue weighted by atomic mass is 32.2. The first kappa shape index (κ1) is 25.9. The van der Waals surface area contributed by atoms with Gasteiger partial charge >= 0.3 is 0 Å². The minimum atomic E-state index is -3.78. The molecule has 5 aliphatic rings. The van der Waals surface area contributed by atoms with Crippen molar-refractivity contribution < 1.29 is 17.9 Å².